The number of nitrogens with one attached hydrogen (secondary N) is 1. The molecule has 1 unspecified atom stereocenters. The summed E-state index contributed by atoms with van der Waals surface area (Å²) in [5.74, 6) is 0.552. The first-order valence-corrected chi connectivity index (χ1v) is 9.68. The molecule has 0 spiro atoms. The Morgan fingerprint density at radius 1 is 1.12 bits per heavy atom. The van der Waals surface area contributed by atoms with Crippen LogP contribution in [0.1, 0.15) is 51.1 Å². The maximum atomic E-state index is 13.3. The smallest absolute Gasteiger partial charge is 0.226 e. The fourth-order valence-corrected chi connectivity index (χ4v) is 4.24. The van der Waals surface area contributed by atoms with Crippen LogP contribution in [-0.4, -0.2) is 29.4 Å². The van der Waals surface area contributed by atoms with Crippen molar-refractivity contribution in [2.45, 2.75) is 57.7 Å². The van der Waals surface area contributed by atoms with Gasteiger partial charge in [-0.25, -0.2) is 0 Å². The molecule has 1 amide bonds. The Morgan fingerprint density at radius 2 is 1.85 bits per heavy atom. The minimum Gasteiger partial charge on any atom is -0.333 e. The third-order valence-corrected chi connectivity index (χ3v) is 5.84. The lowest BCUT2D eigenvalue weighted by atomic mass is 9.91. The average Bonchev–Trinajstić information content (AvgIpc) is 3.46. The second-order valence-corrected chi connectivity index (χ2v) is 7.84. The fourth-order valence-electron chi connectivity index (χ4n) is 4.24. The molecule has 3 atom stereocenters. The highest BCUT2D eigenvalue weighted by Crippen LogP contribution is 2.37. The Hall–Kier alpha value is -1.58. The van der Waals surface area contributed by atoms with Gasteiger partial charge in [-0.2, -0.15) is 0 Å². The van der Waals surface area contributed by atoms with Crippen LogP contribution < -0.4 is 5.32 Å². The molecule has 2 aliphatic rings. The fraction of sp³-hybridized carbons (Fsp3) is 0.500. The number of hydrogen-bond acceptors (Lipinski definition) is 2. The van der Waals surface area contributed by atoms with E-state index in [1.54, 1.807) is 0 Å². The monoisotopic (exact) mass is 372 g/mol. The zero-order chi connectivity index (χ0) is 17.4. The van der Waals surface area contributed by atoms with Crippen molar-refractivity contribution in [3.63, 3.8) is 0 Å². The van der Waals surface area contributed by atoms with Gasteiger partial charge in [0.05, 0.1) is 6.04 Å². The van der Waals surface area contributed by atoms with Crippen molar-refractivity contribution in [1.29, 1.82) is 0 Å². The van der Waals surface area contributed by atoms with Gasteiger partial charge < -0.3 is 10.2 Å². The van der Waals surface area contributed by atoms with Crippen LogP contribution in [0.15, 0.2) is 42.5 Å². The zero-order valence-corrected chi connectivity index (χ0v) is 16.5. The summed E-state index contributed by atoms with van der Waals surface area (Å²) in [6.45, 7) is 5.35. The highest BCUT2D eigenvalue weighted by atomic mass is 35.5. The largest absolute Gasteiger partial charge is 0.333 e. The number of amides is 1. The molecule has 140 valence electrons. The van der Waals surface area contributed by atoms with Crippen molar-refractivity contribution < 1.29 is 4.79 Å². The van der Waals surface area contributed by atoms with E-state index >= 15 is 0 Å². The van der Waals surface area contributed by atoms with Crippen LogP contribution >= 0.6 is 12.4 Å². The van der Waals surface area contributed by atoms with E-state index in [1.807, 2.05) is 0 Å². The number of carbonyl (C=O) groups excluding carboxylic acids is 1. The summed E-state index contributed by atoms with van der Waals surface area (Å²) in [4.78, 5) is 15.5. The minimum absolute atomic E-state index is 0. The van der Waals surface area contributed by atoms with Gasteiger partial charge in [0, 0.05) is 18.0 Å². The SMILES string of the molecule is CC(c1ccc2ccccc2c1)N(C(=O)[C@H]1CCN[C@@H](C)C1)C1CC1.Cl. The molecule has 2 fully saturated rings. The van der Waals surface area contributed by atoms with Crippen LogP contribution in [0.2, 0.25) is 0 Å². The molecule has 4 heteroatoms. The molecule has 1 saturated heterocycles. The molecule has 1 saturated carbocycles. The molecule has 1 aliphatic heterocycles. The lowest BCUT2D eigenvalue weighted by Gasteiger charge is -2.36. The molecule has 1 aliphatic carbocycles. The van der Waals surface area contributed by atoms with Crippen LogP contribution in [0.3, 0.4) is 0 Å². The molecule has 0 radical (unpaired) electrons. The number of rotatable bonds is 4. The number of carbonyl (C=O) groups is 1. The minimum atomic E-state index is 0. The topological polar surface area (TPSA) is 32.3 Å². The number of fused-ring (bicyclic) bond motifs is 1. The predicted molar refractivity (Wildman–Crippen MR) is 110 cm³/mol. The molecular formula is C22H29ClN2O. The second kappa shape index (κ2) is 7.98. The highest BCUT2D eigenvalue weighted by Gasteiger charge is 2.39. The van der Waals surface area contributed by atoms with Crippen molar-refractivity contribution in [2.75, 3.05) is 6.54 Å². The maximum absolute atomic E-state index is 13.3. The lowest BCUT2D eigenvalue weighted by molar-refractivity contribution is -0.139. The summed E-state index contributed by atoms with van der Waals surface area (Å²) >= 11 is 0. The van der Waals surface area contributed by atoms with Gasteiger partial charge >= 0.3 is 0 Å². The van der Waals surface area contributed by atoms with E-state index in [9.17, 15) is 4.79 Å². The Morgan fingerprint density at radius 3 is 2.54 bits per heavy atom. The highest BCUT2D eigenvalue weighted by molar-refractivity contribution is 5.85. The molecular weight excluding hydrogens is 344 g/mol. The zero-order valence-electron chi connectivity index (χ0n) is 15.7. The van der Waals surface area contributed by atoms with E-state index in [4.69, 9.17) is 0 Å². The molecule has 0 aromatic heterocycles. The first-order chi connectivity index (χ1) is 12.1. The van der Waals surface area contributed by atoms with Gasteiger partial charge in [-0.1, -0.05) is 36.4 Å². The Balaban J connectivity index is 0.00000196. The van der Waals surface area contributed by atoms with Gasteiger partial charge in [0.15, 0.2) is 0 Å². The van der Waals surface area contributed by atoms with Crippen LogP contribution in [0.4, 0.5) is 0 Å². The number of benzene rings is 2. The van der Waals surface area contributed by atoms with Gasteiger partial charge in [0.1, 0.15) is 0 Å². The number of nitrogens with zero attached hydrogens (tertiary/aromatic N) is 1. The van der Waals surface area contributed by atoms with Crippen molar-refractivity contribution in [1.82, 2.24) is 10.2 Å². The number of halogens is 1. The number of piperidine rings is 1. The van der Waals surface area contributed by atoms with E-state index in [1.165, 1.54) is 16.3 Å². The summed E-state index contributed by atoms with van der Waals surface area (Å²) in [5.41, 5.74) is 1.25. The molecule has 1 heterocycles. The summed E-state index contributed by atoms with van der Waals surface area (Å²) in [7, 11) is 0. The standard InChI is InChI=1S/C22H28N2O.ClH/c1-15-13-20(11-12-23-15)22(25)24(21-9-10-21)16(2)18-8-7-17-5-3-4-6-19(17)14-18;/h3-8,14-16,20-21,23H,9-13H2,1-2H3;1H/t15-,16?,20-;/m0./s1. The van der Waals surface area contributed by atoms with Crippen molar-refractivity contribution in [3.8, 4) is 0 Å². The Labute approximate surface area is 162 Å². The molecule has 2 aromatic rings. The van der Waals surface area contributed by atoms with Crippen molar-refractivity contribution in [3.05, 3.63) is 48.0 Å². The molecule has 3 nitrogen and oxygen atoms in total. The Kier molecular flexibility index (Phi) is 5.89. The van der Waals surface area contributed by atoms with Gasteiger partial charge in [-0.15, -0.1) is 12.4 Å². The predicted octanol–water partition coefficient (Wildman–Crippen LogP) is 4.70. The van der Waals surface area contributed by atoms with E-state index < -0.39 is 0 Å². The van der Waals surface area contributed by atoms with Crippen molar-refractivity contribution in [2.24, 2.45) is 5.92 Å². The summed E-state index contributed by atoms with van der Waals surface area (Å²) in [6, 6.07) is 16.1. The molecule has 4 rings (SSSR count). The Bertz CT molecular complexity index is 774. The third kappa shape index (κ3) is 3.89. The number of hydrogen-bond donors (Lipinski definition) is 1. The lowest BCUT2D eigenvalue weighted by Crippen LogP contribution is -2.45. The van der Waals surface area contributed by atoms with Crippen LogP contribution in [0.5, 0.6) is 0 Å². The summed E-state index contributed by atoms with van der Waals surface area (Å²) in [6.07, 6.45) is 4.25. The first kappa shape index (κ1) is 19.2. The third-order valence-electron chi connectivity index (χ3n) is 5.84. The van der Waals surface area contributed by atoms with Crippen molar-refractivity contribution >= 4 is 29.1 Å². The van der Waals surface area contributed by atoms with Gasteiger partial charge in [0.25, 0.3) is 0 Å². The van der Waals surface area contributed by atoms with Crippen LogP contribution in [-0.2, 0) is 4.79 Å². The van der Waals surface area contributed by atoms with Gasteiger partial charge in [-0.3, -0.25) is 4.79 Å². The van der Waals surface area contributed by atoms with Gasteiger partial charge in [-0.05, 0) is 68.5 Å². The maximum Gasteiger partial charge on any atom is 0.226 e. The second-order valence-electron chi connectivity index (χ2n) is 7.84. The van der Waals surface area contributed by atoms with Gasteiger partial charge in [0.2, 0.25) is 5.91 Å². The first-order valence-electron chi connectivity index (χ1n) is 9.68. The molecule has 1 N–H and O–H groups in total. The van der Waals surface area contributed by atoms with E-state index in [0.717, 1.165) is 32.2 Å². The van der Waals surface area contributed by atoms with E-state index in [2.05, 4.69) is 66.5 Å². The molecule has 0 bridgehead atoms. The van der Waals surface area contributed by atoms with E-state index in [0.29, 0.717) is 18.0 Å². The normalized spacial score (nSPS) is 23.9. The van der Waals surface area contributed by atoms with Crippen LogP contribution in [0, 0.1) is 5.92 Å². The molecule has 2 aromatic carbocycles. The summed E-state index contributed by atoms with van der Waals surface area (Å²) < 4.78 is 0. The molecule has 26 heavy (non-hydrogen) atoms. The summed E-state index contributed by atoms with van der Waals surface area (Å²) in [5, 5.41) is 5.98. The quantitative estimate of drug-likeness (QED) is 0.843. The van der Waals surface area contributed by atoms with E-state index in [-0.39, 0.29) is 24.4 Å². The van der Waals surface area contributed by atoms with Crippen LogP contribution in [0.25, 0.3) is 10.8 Å². The average molecular weight is 373 g/mol.